The molecule has 0 saturated carbocycles. The number of esters is 2. The van der Waals surface area contributed by atoms with Crippen molar-refractivity contribution in [2.75, 3.05) is 19.8 Å². The summed E-state index contributed by atoms with van der Waals surface area (Å²) in [4.78, 5) is 25.3. The maximum Gasteiger partial charge on any atom is 0.306 e. The van der Waals surface area contributed by atoms with E-state index in [1.165, 1.54) is 135 Å². The van der Waals surface area contributed by atoms with Crippen LogP contribution in [-0.2, 0) is 23.8 Å². The molecule has 0 heterocycles. The van der Waals surface area contributed by atoms with Crippen LogP contribution in [0, 0.1) is 0 Å². The van der Waals surface area contributed by atoms with Crippen LogP contribution in [0.2, 0.25) is 0 Å². The van der Waals surface area contributed by atoms with E-state index in [-0.39, 0.29) is 25.2 Å². The molecule has 0 aliphatic rings. The zero-order valence-corrected chi connectivity index (χ0v) is 39.7. The molecule has 0 aliphatic carbocycles. The molecule has 0 amide bonds. The number of allylic oxidation sites excluding steroid dienone is 11. The van der Waals surface area contributed by atoms with Crippen molar-refractivity contribution >= 4 is 11.9 Å². The molecule has 0 bridgehead atoms. The largest absolute Gasteiger partial charge is 0.462 e. The quantitative estimate of drug-likeness (QED) is 0.0347. The topological polar surface area (TPSA) is 61.8 Å². The summed E-state index contributed by atoms with van der Waals surface area (Å²) in [5, 5.41) is 0. The number of unbranched alkanes of at least 4 members (excludes halogenated alkanes) is 23. The Bertz CT molecular complexity index is 1080. The number of carbonyl (C=O) groups excluding carboxylic acids is 2. The second kappa shape index (κ2) is 50.7. The minimum Gasteiger partial charge on any atom is -0.462 e. The van der Waals surface area contributed by atoms with Gasteiger partial charge in [0.2, 0.25) is 0 Å². The molecule has 0 N–H and O–H groups in total. The SMILES string of the molecule is CC/C=C\C/C=C\C/C=C\C/C=C\C/C=C\CCOCC(COC(=O)CCCCCCCCC/C=C\CCCCCCCC)OC(=O)CCCCCCCCCCCCC. The van der Waals surface area contributed by atoms with Crippen LogP contribution in [0.4, 0.5) is 0 Å². The number of ether oxygens (including phenoxy) is 3. The predicted molar refractivity (Wildman–Crippen MR) is 260 cm³/mol. The van der Waals surface area contributed by atoms with E-state index in [1.807, 2.05) is 0 Å². The lowest BCUT2D eigenvalue weighted by Gasteiger charge is -2.18. The van der Waals surface area contributed by atoms with Gasteiger partial charge in [-0.3, -0.25) is 9.59 Å². The fraction of sp³-hybridized carbons (Fsp3) is 0.745. The predicted octanol–water partition coefficient (Wildman–Crippen LogP) is 17.1. The highest BCUT2D eigenvalue weighted by molar-refractivity contribution is 5.70. The molecule has 0 rings (SSSR count). The molecule has 60 heavy (non-hydrogen) atoms. The Balaban J connectivity index is 4.34. The molecule has 0 aromatic rings. The standard InChI is InChI=1S/C55H96O5/c1-4-7-10-13-16-19-22-24-26-28-29-31-34-36-39-42-45-48-54(56)59-52-53(60-55(57)49-46-43-40-37-33-21-18-15-12-9-6-3)51-58-50-47-44-41-38-35-32-30-27-25-23-20-17-14-11-8-5-2/h8,11,17,20,24-27,32,35,41,44,53H,4-7,9-10,12-16,18-19,21-23,28-31,33-34,36-40,42-43,45-52H2,1-3H3/b11-8-,20-17-,26-24-,27-25-,35-32-,44-41-. The van der Waals surface area contributed by atoms with Gasteiger partial charge in [0.15, 0.2) is 6.10 Å². The molecule has 0 radical (unpaired) electrons. The van der Waals surface area contributed by atoms with Crippen molar-refractivity contribution in [3.63, 3.8) is 0 Å². The van der Waals surface area contributed by atoms with Gasteiger partial charge in [-0.15, -0.1) is 0 Å². The van der Waals surface area contributed by atoms with Crippen molar-refractivity contribution in [3.05, 3.63) is 72.9 Å². The van der Waals surface area contributed by atoms with Crippen LogP contribution >= 0.6 is 0 Å². The first kappa shape index (κ1) is 57.3. The minimum absolute atomic E-state index is 0.0535. The molecule has 5 heteroatoms. The normalized spacial score (nSPS) is 12.8. The number of rotatable bonds is 46. The van der Waals surface area contributed by atoms with E-state index >= 15 is 0 Å². The van der Waals surface area contributed by atoms with Gasteiger partial charge in [0.05, 0.1) is 13.2 Å². The van der Waals surface area contributed by atoms with Gasteiger partial charge in [0.1, 0.15) is 6.61 Å². The van der Waals surface area contributed by atoms with Crippen LogP contribution in [0.15, 0.2) is 72.9 Å². The first-order chi connectivity index (χ1) is 29.6. The van der Waals surface area contributed by atoms with Gasteiger partial charge in [-0.25, -0.2) is 0 Å². The highest BCUT2D eigenvalue weighted by Gasteiger charge is 2.17. The maximum absolute atomic E-state index is 12.7. The van der Waals surface area contributed by atoms with E-state index in [1.54, 1.807) is 0 Å². The molecule has 0 aromatic heterocycles. The zero-order chi connectivity index (χ0) is 43.5. The van der Waals surface area contributed by atoms with Crippen LogP contribution < -0.4 is 0 Å². The van der Waals surface area contributed by atoms with Crippen LogP contribution in [0.5, 0.6) is 0 Å². The van der Waals surface area contributed by atoms with Gasteiger partial charge in [-0.2, -0.15) is 0 Å². The second-order valence-electron chi connectivity index (χ2n) is 16.7. The Labute approximate surface area is 372 Å². The summed E-state index contributed by atoms with van der Waals surface area (Å²) in [7, 11) is 0. The van der Waals surface area contributed by atoms with Crippen LogP contribution in [-0.4, -0.2) is 37.9 Å². The average Bonchev–Trinajstić information content (AvgIpc) is 3.25. The van der Waals surface area contributed by atoms with E-state index in [4.69, 9.17) is 14.2 Å². The highest BCUT2D eigenvalue weighted by Crippen LogP contribution is 2.14. The Morgan fingerprint density at radius 1 is 0.383 bits per heavy atom. The summed E-state index contributed by atoms with van der Waals surface area (Å²) in [6.45, 7) is 7.50. The third kappa shape index (κ3) is 48.0. The van der Waals surface area contributed by atoms with Crippen molar-refractivity contribution in [2.45, 2.75) is 245 Å². The molecule has 1 atom stereocenters. The van der Waals surface area contributed by atoms with Crippen molar-refractivity contribution < 1.29 is 23.8 Å². The van der Waals surface area contributed by atoms with Crippen LogP contribution in [0.3, 0.4) is 0 Å². The Morgan fingerprint density at radius 3 is 1.20 bits per heavy atom. The van der Waals surface area contributed by atoms with E-state index in [2.05, 4.69) is 93.7 Å². The third-order valence-corrected chi connectivity index (χ3v) is 10.7. The molecule has 0 fully saturated rings. The Morgan fingerprint density at radius 2 is 0.750 bits per heavy atom. The van der Waals surface area contributed by atoms with E-state index in [9.17, 15) is 9.59 Å². The van der Waals surface area contributed by atoms with Crippen LogP contribution in [0.1, 0.15) is 239 Å². The first-order valence-electron chi connectivity index (χ1n) is 25.5. The molecule has 346 valence electrons. The fourth-order valence-corrected chi connectivity index (χ4v) is 6.98. The van der Waals surface area contributed by atoms with Crippen molar-refractivity contribution in [3.8, 4) is 0 Å². The molecule has 1 unspecified atom stereocenters. The lowest BCUT2D eigenvalue weighted by atomic mass is 10.1. The summed E-state index contributed by atoms with van der Waals surface area (Å²) >= 11 is 0. The van der Waals surface area contributed by atoms with Gasteiger partial charge in [-0.1, -0.05) is 222 Å². The Hall–Kier alpha value is -2.66. The second-order valence-corrected chi connectivity index (χ2v) is 16.7. The van der Waals surface area contributed by atoms with Crippen molar-refractivity contribution in [1.82, 2.24) is 0 Å². The summed E-state index contributed by atoms with van der Waals surface area (Å²) in [5.41, 5.74) is 0. The highest BCUT2D eigenvalue weighted by atomic mass is 16.6. The smallest absolute Gasteiger partial charge is 0.306 e. The molecule has 5 nitrogen and oxygen atoms in total. The van der Waals surface area contributed by atoms with Gasteiger partial charge in [-0.05, 0) is 77.0 Å². The molecular formula is C55H96O5. The number of hydrogen-bond donors (Lipinski definition) is 0. The third-order valence-electron chi connectivity index (χ3n) is 10.7. The van der Waals surface area contributed by atoms with E-state index < -0.39 is 6.10 Å². The first-order valence-corrected chi connectivity index (χ1v) is 25.5. The number of hydrogen-bond acceptors (Lipinski definition) is 5. The van der Waals surface area contributed by atoms with Gasteiger partial charge < -0.3 is 14.2 Å². The summed E-state index contributed by atoms with van der Waals surface area (Å²) in [6.07, 6.45) is 65.0. The summed E-state index contributed by atoms with van der Waals surface area (Å²) in [6, 6.07) is 0. The van der Waals surface area contributed by atoms with Gasteiger partial charge in [0, 0.05) is 12.8 Å². The van der Waals surface area contributed by atoms with E-state index in [0.29, 0.717) is 19.4 Å². The monoisotopic (exact) mass is 837 g/mol. The van der Waals surface area contributed by atoms with Crippen LogP contribution in [0.25, 0.3) is 0 Å². The lowest BCUT2D eigenvalue weighted by Crippen LogP contribution is -2.30. The van der Waals surface area contributed by atoms with Crippen molar-refractivity contribution in [1.29, 1.82) is 0 Å². The molecule has 0 aliphatic heterocycles. The maximum atomic E-state index is 12.7. The average molecular weight is 837 g/mol. The summed E-state index contributed by atoms with van der Waals surface area (Å²) < 4.78 is 17.3. The number of carbonyl (C=O) groups is 2. The van der Waals surface area contributed by atoms with Crippen molar-refractivity contribution in [2.24, 2.45) is 0 Å². The minimum atomic E-state index is -0.576. The van der Waals surface area contributed by atoms with E-state index in [0.717, 1.165) is 70.6 Å². The van der Waals surface area contributed by atoms with Gasteiger partial charge >= 0.3 is 11.9 Å². The molecule has 0 spiro atoms. The lowest BCUT2D eigenvalue weighted by molar-refractivity contribution is -0.162. The Kier molecular flexibility index (Phi) is 48.4. The fourth-order valence-electron chi connectivity index (χ4n) is 6.98. The molecular weight excluding hydrogens is 741 g/mol. The molecule has 0 saturated heterocycles. The van der Waals surface area contributed by atoms with Gasteiger partial charge in [0.25, 0.3) is 0 Å². The molecule has 0 aromatic carbocycles. The zero-order valence-electron chi connectivity index (χ0n) is 39.7. The summed E-state index contributed by atoms with van der Waals surface area (Å²) in [5.74, 6) is -0.439.